The Bertz CT molecular complexity index is 497. The summed E-state index contributed by atoms with van der Waals surface area (Å²) in [4.78, 5) is 3.88. The summed E-state index contributed by atoms with van der Waals surface area (Å²) >= 11 is 0. The van der Waals surface area contributed by atoms with E-state index < -0.39 is 11.6 Å². The summed E-state index contributed by atoms with van der Waals surface area (Å²) in [6, 6.07) is 3.82. The topological polar surface area (TPSA) is 24.9 Å². The van der Waals surface area contributed by atoms with Gasteiger partial charge in [-0.25, -0.2) is 8.78 Å². The van der Waals surface area contributed by atoms with Gasteiger partial charge in [-0.3, -0.25) is 4.98 Å². The monoisotopic (exact) mass is 208 g/mol. The van der Waals surface area contributed by atoms with Crippen molar-refractivity contribution < 1.29 is 8.78 Å². The molecule has 0 aliphatic heterocycles. The molecule has 1 aromatic heterocycles. The maximum atomic E-state index is 13.3. The molecule has 0 unspecified atom stereocenters. The molecule has 0 atom stereocenters. The summed E-state index contributed by atoms with van der Waals surface area (Å²) in [7, 11) is 0. The molecule has 78 valence electrons. The van der Waals surface area contributed by atoms with E-state index in [-0.39, 0.29) is 5.52 Å². The highest BCUT2D eigenvalue weighted by molar-refractivity contribution is 5.91. The van der Waals surface area contributed by atoms with Gasteiger partial charge in [0.15, 0.2) is 5.82 Å². The maximum Gasteiger partial charge on any atom is 0.152 e. The van der Waals surface area contributed by atoms with Crippen LogP contribution in [0.5, 0.6) is 0 Å². The molecule has 0 spiro atoms. The highest BCUT2D eigenvalue weighted by Gasteiger charge is 2.08. The fourth-order valence-electron chi connectivity index (χ4n) is 1.52. The predicted octanol–water partition coefficient (Wildman–Crippen LogP) is 2.94. The molecule has 1 aromatic carbocycles. The number of rotatable bonds is 2. The lowest BCUT2D eigenvalue weighted by Gasteiger charge is -2.07. The van der Waals surface area contributed by atoms with E-state index in [1.165, 1.54) is 12.3 Å². The summed E-state index contributed by atoms with van der Waals surface area (Å²) in [6.07, 6.45) is 1.50. The molecule has 0 bridgehead atoms. The number of aromatic nitrogens is 1. The zero-order chi connectivity index (χ0) is 10.8. The molecular weight excluding hydrogens is 198 g/mol. The number of hydrogen-bond donors (Lipinski definition) is 1. The minimum atomic E-state index is -0.634. The van der Waals surface area contributed by atoms with Crippen molar-refractivity contribution in [2.24, 2.45) is 0 Å². The van der Waals surface area contributed by atoms with Crippen LogP contribution in [0.1, 0.15) is 6.92 Å². The van der Waals surface area contributed by atoms with Gasteiger partial charge >= 0.3 is 0 Å². The van der Waals surface area contributed by atoms with Crippen LogP contribution in [0.3, 0.4) is 0 Å². The van der Waals surface area contributed by atoms with Gasteiger partial charge < -0.3 is 5.32 Å². The average Bonchev–Trinajstić information content (AvgIpc) is 2.19. The van der Waals surface area contributed by atoms with Crippen molar-refractivity contribution in [1.29, 1.82) is 0 Å². The lowest BCUT2D eigenvalue weighted by atomic mass is 10.1. The first kappa shape index (κ1) is 9.83. The third-order valence-corrected chi connectivity index (χ3v) is 2.13. The normalized spacial score (nSPS) is 10.6. The molecule has 1 heterocycles. The lowest BCUT2D eigenvalue weighted by molar-refractivity contribution is 0.590. The van der Waals surface area contributed by atoms with Crippen molar-refractivity contribution >= 4 is 16.6 Å². The molecule has 15 heavy (non-hydrogen) atoms. The predicted molar refractivity (Wildman–Crippen MR) is 55.8 cm³/mol. The Kier molecular flexibility index (Phi) is 2.49. The van der Waals surface area contributed by atoms with Gasteiger partial charge in [0, 0.05) is 29.9 Å². The van der Waals surface area contributed by atoms with E-state index >= 15 is 0 Å². The zero-order valence-electron chi connectivity index (χ0n) is 8.22. The second-order valence-electron chi connectivity index (χ2n) is 3.17. The minimum absolute atomic E-state index is 0.190. The largest absolute Gasteiger partial charge is 0.385 e. The molecule has 1 N–H and O–H groups in total. The quantitative estimate of drug-likeness (QED) is 0.820. The highest BCUT2D eigenvalue weighted by atomic mass is 19.1. The Morgan fingerprint density at radius 3 is 2.87 bits per heavy atom. The second-order valence-corrected chi connectivity index (χ2v) is 3.17. The Morgan fingerprint density at radius 1 is 1.33 bits per heavy atom. The zero-order valence-corrected chi connectivity index (χ0v) is 8.22. The molecular formula is C11H10F2N2. The number of halogens is 2. The van der Waals surface area contributed by atoms with Crippen molar-refractivity contribution in [3.05, 3.63) is 36.0 Å². The molecule has 2 nitrogen and oxygen atoms in total. The van der Waals surface area contributed by atoms with Gasteiger partial charge in [-0.15, -0.1) is 0 Å². The van der Waals surface area contributed by atoms with Crippen LogP contribution in [-0.4, -0.2) is 11.5 Å². The van der Waals surface area contributed by atoms with Gasteiger partial charge in [0.05, 0.1) is 0 Å². The number of nitrogens with one attached hydrogen (secondary N) is 1. The van der Waals surface area contributed by atoms with Gasteiger partial charge in [-0.05, 0) is 19.1 Å². The van der Waals surface area contributed by atoms with Crippen LogP contribution < -0.4 is 5.32 Å². The summed E-state index contributed by atoms with van der Waals surface area (Å²) < 4.78 is 26.4. The molecule has 0 aliphatic carbocycles. The van der Waals surface area contributed by atoms with E-state index in [2.05, 4.69) is 10.3 Å². The van der Waals surface area contributed by atoms with Gasteiger partial charge in [0.1, 0.15) is 11.3 Å². The van der Waals surface area contributed by atoms with Crippen LogP contribution in [0.15, 0.2) is 24.4 Å². The number of anilines is 1. The number of pyridine rings is 1. The number of hydrogen-bond acceptors (Lipinski definition) is 2. The Balaban J connectivity index is 2.73. The minimum Gasteiger partial charge on any atom is -0.385 e. The smallest absolute Gasteiger partial charge is 0.152 e. The molecule has 0 aliphatic rings. The average molecular weight is 208 g/mol. The van der Waals surface area contributed by atoms with E-state index in [1.54, 1.807) is 6.07 Å². The standard InChI is InChI=1S/C11H10F2N2/c1-2-14-10-3-4-15-11-8(10)5-7(12)6-9(11)13/h3-6H,2H2,1H3,(H,14,15). The molecule has 0 saturated heterocycles. The van der Waals surface area contributed by atoms with Crippen molar-refractivity contribution in [3.63, 3.8) is 0 Å². The van der Waals surface area contributed by atoms with E-state index in [1.807, 2.05) is 6.92 Å². The number of nitrogens with zero attached hydrogens (tertiary/aromatic N) is 1. The third-order valence-electron chi connectivity index (χ3n) is 2.13. The second kappa shape index (κ2) is 3.81. The third kappa shape index (κ3) is 1.75. The fourth-order valence-corrected chi connectivity index (χ4v) is 1.52. The summed E-state index contributed by atoms with van der Waals surface area (Å²) in [5.41, 5.74) is 0.885. The summed E-state index contributed by atoms with van der Waals surface area (Å²) in [5, 5.41) is 3.50. The Morgan fingerprint density at radius 2 is 2.13 bits per heavy atom. The van der Waals surface area contributed by atoms with Crippen LogP contribution >= 0.6 is 0 Å². The molecule has 4 heteroatoms. The SMILES string of the molecule is CCNc1ccnc2c(F)cc(F)cc12. The fraction of sp³-hybridized carbons (Fsp3) is 0.182. The molecule has 0 amide bonds. The number of benzene rings is 1. The van der Waals surface area contributed by atoms with Gasteiger partial charge in [0.25, 0.3) is 0 Å². The Hall–Kier alpha value is -1.71. The molecule has 2 rings (SSSR count). The van der Waals surface area contributed by atoms with Crippen molar-refractivity contribution in [2.75, 3.05) is 11.9 Å². The first-order chi connectivity index (χ1) is 7.22. The Labute approximate surface area is 85.9 Å². The van der Waals surface area contributed by atoms with Crippen molar-refractivity contribution in [2.45, 2.75) is 6.92 Å². The van der Waals surface area contributed by atoms with Gasteiger partial charge in [0.2, 0.25) is 0 Å². The molecule has 0 radical (unpaired) electrons. The van der Waals surface area contributed by atoms with Crippen LogP contribution in [0.25, 0.3) is 10.9 Å². The van der Waals surface area contributed by atoms with Gasteiger partial charge in [-0.2, -0.15) is 0 Å². The van der Waals surface area contributed by atoms with E-state index in [4.69, 9.17) is 0 Å². The van der Waals surface area contributed by atoms with Crippen molar-refractivity contribution in [1.82, 2.24) is 4.98 Å². The van der Waals surface area contributed by atoms with E-state index in [0.29, 0.717) is 17.6 Å². The summed E-state index contributed by atoms with van der Waals surface area (Å²) in [6.45, 7) is 2.61. The van der Waals surface area contributed by atoms with Gasteiger partial charge in [-0.1, -0.05) is 0 Å². The molecule has 0 fully saturated rings. The number of fused-ring (bicyclic) bond motifs is 1. The lowest BCUT2D eigenvalue weighted by Crippen LogP contribution is -1.99. The van der Waals surface area contributed by atoms with Crippen LogP contribution in [0, 0.1) is 11.6 Å². The van der Waals surface area contributed by atoms with Crippen LogP contribution in [0.4, 0.5) is 14.5 Å². The maximum absolute atomic E-state index is 13.3. The summed E-state index contributed by atoms with van der Waals surface area (Å²) in [5.74, 6) is -1.23. The van der Waals surface area contributed by atoms with E-state index in [0.717, 1.165) is 6.07 Å². The first-order valence-corrected chi connectivity index (χ1v) is 4.70. The van der Waals surface area contributed by atoms with Crippen molar-refractivity contribution in [3.8, 4) is 0 Å². The first-order valence-electron chi connectivity index (χ1n) is 4.70. The molecule has 0 saturated carbocycles. The highest BCUT2D eigenvalue weighted by Crippen LogP contribution is 2.24. The van der Waals surface area contributed by atoms with E-state index in [9.17, 15) is 8.78 Å². The van der Waals surface area contributed by atoms with Crippen LogP contribution in [0.2, 0.25) is 0 Å². The molecule has 2 aromatic rings. The van der Waals surface area contributed by atoms with Crippen LogP contribution in [-0.2, 0) is 0 Å².